The molecule has 3 N–H and O–H groups in total. The van der Waals surface area contributed by atoms with E-state index in [1.54, 1.807) is 0 Å². The summed E-state index contributed by atoms with van der Waals surface area (Å²) in [5.74, 6) is -1.87. The van der Waals surface area contributed by atoms with Crippen molar-refractivity contribution >= 4 is 23.8 Å². The van der Waals surface area contributed by atoms with E-state index in [2.05, 4.69) is 15.7 Å². The number of hydrogen-bond acceptors (Lipinski definition) is 6. The Balaban J connectivity index is 1.40. The van der Waals surface area contributed by atoms with Crippen molar-refractivity contribution in [3.8, 4) is 11.1 Å². The van der Waals surface area contributed by atoms with Gasteiger partial charge in [0.05, 0.1) is 6.61 Å². The first kappa shape index (κ1) is 23.0. The molecule has 176 valence electrons. The van der Waals surface area contributed by atoms with Crippen LogP contribution in [0.1, 0.15) is 27.5 Å². The third kappa shape index (κ3) is 4.62. The number of ether oxygens (including phenoxy) is 2. The number of hydrogen-bond donors (Lipinski definition) is 3. The van der Waals surface area contributed by atoms with Crippen molar-refractivity contribution in [1.82, 2.24) is 15.1 Å². The minimum absolute atomic E-state index is 0.0420. The SMILES string of the molecule is COC[C@H](NC(=O)OCC1c2ccccc2-c2ccccc21)C(=O)Nc1cc(C(=O)O)n(C)n1. The Morgan fingerprint density at radius 2 is 1.71 bits per heavy atom. The minimum Gasteiger partial charge on any atom is -0.477 e. The zero-order valence-corrected chi connectivity index (χ0v) is 18.6. The zero-order chi connectivity index (χ0) is 24.2. The first-order valence-corrected chi connectivity index (χ1v) is 10.6. The van der Waals surface area contributed by atoms with Crippen LogP contribution in [0.2, 0.25) is 0 Å². The normalized spacial score (nSPS) is 13.0. The van der Waals surface area contributed by atoms with Crippen molar-refractivity contribution in [3.63, 3.8) is 0 Å². The van der Waals surface area contributed by atoms with Crippen molar-refractivity contribution in [1.29, 1.82) is 0 Å². The average Bonchev–Trinajstić information content (AvgIpc) is 3.35. The lowest BCUT2D eigenvalue weighted by atomic mass is 9.98. The molecule has 1 atom stereocenters. The summed E-state index contributed by atoms with van der Waals surface area (Å²) in [5, 5.41) is 18.1. The van der Waals surface area contributed by atoms with Gasteiger partial charge in [0.15, 0.2) is 5.82 Å². The van der Waals surface area contributed by atoms with Gasteiger partial charge >= 0.3 is 12.1 Å². The Kier molecular flexibility index (Phi) is 6.60. The van der Waals surface area contributed by atoms with Crippen molar-refractivity contribution in [2.24, 2.45) is 7.05 Å². The van der Waals surface area contributed by atoms with Gasteiger partial charge in [-0.15, -0.1) is 0 Å². The lowest BCUT2D eigenvalue weighted by molar-refractivity contribution is -0.119. The van der Waals surface area contributed by atoms with Crippen LogP contribution in [0.5, 0.6) is 0 Å². The van der Waals surface area contributed by atoms with Crippen LogP contribution in [-0.4, -0.2) is 59.2 Å². The average molecular weight is 464 g/mol. The number of anilines is 1. The Hall–Kier alpha value is -4.18. The summed E-state index contributed by atoms with van der Waals surface area (Å²) < 4.78 is 11.7. The lowest BCUT2D eigenvalue weighted by Crippen LogP contribution is -2.47. The van der Waals surface area contributed by atoms with Gasteiger partial charge in [0, 0.05) is 26.1 Å². The van der Waals surface area contributed by atoms with E-state index in [1.165, 1.54) is 20.2 Å². The topological polar surface area (TPSA) is 132 Å². The van der Waals surface area contributed by atoms with E-state index < -0.39 is 24.0 Å². The monoisotopic (exact) mass is 464 g/mol. The summed E-state index contributed by atoms with van der Waals surface area (Å²) in [4.78, 5) is 36.4. The number of carbonyl (C=O) groups is 3. The molecule has 2 amide bonds. The molecule has 1 aliphatic carbocycles. The number of aromatic nitrogens is 2. The van der Waals surface area contributed by atoms with Gasteiger partial charge in [-0.3, -0.25) is 9.48 Å². The summed E-state index contributed by atoms with van der Waals surface area (Å²) in [6, 6.07) is 16.1. The highest BCUT2D eigenvalue weighted by atomic mass is 16.5. The number of rotatable bonds is 8. The Morgan fingerprint density at radius 3 is 2.26 bits per heavy atom. The molecule has 0 spiro atoms. The number of aryl methyl sites for hydroxylation is 1. The second-order valence-electron chi connectivity index (χ2n) is 7.81. The quantitative estimate of drug-likeness (QED) is 0.467. The largest absolute Gasteiger partial charge is 0.477 e. The first-order chi connectivity index (χ1) is 16.4. The third-order valence-corrected chi connectivity index (χ3v) is 5.64. The van der Waals surface area contributed by atoms with Gasteiger partial charge in [-0.25, -0.2) is 9.59 Å². The van der Waals surface area contributed by atoms with Crippen LogP contribution in [0.15, 0.2) is 54.6 Å². The fourth-order valence-corrected chi connectivity index (χ4v) is 4.07. The van der Waals surface area contributed by atoms with Gasteiger partial charge in [-0.1, -0.05) is 48.5 Å². The van der Waals surface area contributed by atoms with Crippen molar-refractivity contribution in [3.05, 3.63) is 71.4 Å². The van der Waals surface area contributed by atoms with Crippen molar-refractivity contribution < 1.29 is 29.0 Å². The van der Waals surface area contributed by atoms with Crippen molar-refractivity contribution in [2.75, 3.05) is 25.6 Å². The maximum Gasteiger partial charge on any atom is 0.407 e. The molecule has 0 bridgehead atoms. The van der Waals surface area contributed by atoms with E-state index >= 15 is 0 Å². The molecule has 34 heavy (non-hydrogen) atoms. The Morgan fingerprint density at radius 1 is 1.09 bits per heavy atom. The highest BCUT2D eigenvalue weighted by Gasteiger charge is 2.30. The predicted molar refractivity (Wildman–Crippen MR) is 123 cm³/mol. The summed E-state index contributed by atoms with van der Waals surface area (Å²) in [5.41, 5.74) is 4.28. The number of carboxylic acid groups (broad SMARTS) is 1. The molecule has 0 aliphatic heterocycles. The standard InChI is InChI=1S/C24H24N4O6/c1-28-20(23(30)31)11-21(27-28)26-22(29)19(13-33-2)25-24(32)34-12-18-16-9-5-3-7-14(16)15-8-4-6-10-17(15)18/h3-11,18-19H,12-13H2,1-2H3,(H,25,32)(H,30,31)(H,26,27,29)/t19-/m0/s1. The van der Waals surface area contributed by atoms with Crippen LogP contribution < -0.4 is 10.6 Å². The molecule has 1 aromatic heterocycles. The van der Waals surface area contributed by atoms with Gasteiger partial charge in [0.2, 0.25) is 0 Å². The van der Waals surface area contributed by atoms with Gasteiger partial charge in [0.1, 0.15) is 18.3 Å². The summed E-state index contributed by atoms with van der Waals surface area (Å²) in [6.07, 6.45) is -0.772. The highest BCUT2D eigenvalue weighted by molar-refractivity contribution is 5.97. The molecule has 1 aliphatic rings. The van der Waals surface area contributed by atoms with Gasteiger partial charge < -0.3 is 25.2 Å². The molecule has 0 radical (unpaired) electrons. The maximum atomic E-state index is 12.7. The molecular weight excluding hydrogens is 440 g/mol. The fourth-order valence-electron chi connectivity index (χ4n) is 4.07. The van der Waals surface area contributed by atoms with E-state index in [0.29, 0.717) is 0 Å². The number of nitrogens with one attached hydrogen (secondary N) is 2. The number of aromatic carboxylic acids is 1. The molecule has 0 saturated carbocycles. The number of benzene rings is 2. The molecule has 3 aromatic rings. The van der Waals surface area contributed by atoms with E-state index in [4.69, 9.17) is 14.6 Å². The summed E-state index contributed by atoms with van der Waals surface area (Å²) in [6.45, 7) is -0.0158. The molecular formula is C24H24N4O6. The van der Waals surface area contributed by atoms with Gasteiger partial charge in [-0.2, -0.15) is 5.10 Å². The second-order valence-corrected chi connectivity index (χ2v) is 7.81. The Bertz CT molecular complexity index is 1190. The molecule has 10 nitrogen and oxygen atoms in total. The van der Waals surface area contributed by atoms with E-state index in [9.17, 15) is 14.4 Å². The van der Waals surface area contributed by atoms with Crippen LogP contribution in [0.4, 0.5) is 10.6 Å². The number of amides is 2. The summed E-state index contributed by atoms with van der Waals surface area (Å²) in [7, 11) is 2.84. The second kappa shape index (κ2) is 9.75. The van der Waals surface area contributed by atoms with Crippen LogP contribution in [0.25, 0.3) is 11.1 Å². The van der Waals surface area contributed by atoms with Crippen LogP contribution >= 0.6 is 0 Å². The molecule has 4 rings (SSSR count). The minimum atomic E-state index is -1.18. The van der Waals surface area contributed by atoms with E-state index in [-0.39, 0.29) is 30.6 Å². The number of nitrogens with zero attached hydrogens (tertiary/aromatic N) is 2. The third-order valence-electron chi connectivity index (χ3n) is 5.64. The van der Waals surface area contributed by atoms with Gasteiger partial charge in [-0.05, 0) is 22.3 Å². The number of carboxylic acids is 1. The first-order valence-electron chi connectivity index (χ1n) is 10.6. The summed E-state index contributed by atoms with van der Waals surface area (Å²) >= 11 is 0. The van der Waals surface area contributed by atoms with Crippen molar-refractivity contribution in [2.45, 2.75) is 12.0 Å². The van der Waals surface area contributed by atoms with Crippen LogP contribution in [0, 0.1) is 0 Å². The number of carbonyl (C=O) groups excluding carboxylic acids is 2. The number of methoxy groups -OCH3 is 1. The molecule has 0 unspecified atom stereocenters. The number of fused-ring (bicyclic) bond motifs is 3. The van der Waals surface area contributed by atoms with Crippen LogP contribution in [-0.2, 0) is 21.3 Å². The molecule has 1 heterocycles. The van der Waals surface area contributed by atoms with Crippen LogP contribution in [0.3, 0.4) is 0 Å². The van der Waals surface area contributed by atoms with Gasteiger partial charge in [0.25, 0.3) is 5.91 Å². The molecule has 0 fully saturated rings. The molecule has 2 aromatic carbocycles. The number of alkyl carbamates (subject to hydrolysis) is 1. The van der Waals surface area contributed by atoms with E-state index in [0.717, 1.165) is 26.9 Å². The molecule has 10 heteroatoms. The fraction of sp³-hybridized carbons (Fsp3) is 0.250. The lowest BCUT2D eigenvalue weighted by Gasteiger charge is -2.18. The van der Waals surface area contributed by atoms with E-state index in [1.807, 2.05) is 48.5 Å². The maximum absolute atomic E-state index is 12.7. The zero-order valence-electron chi connectivity index (χ0n) is 18.6. The smallest absolute Gasteiger partial charge is 0.407 e. The highest BCUT2D eigenvalue weighted by Crippen LogP contribution is 2.44. The predicted octanol–water partition coefficient (Wildman–Crippen LogP) is 2.61. The Labute approximate surface area is 195 Å². The molecule has 0 saturated heterocycles.